The van der Waals surface area contributed by atoms with Crippen molar-refractivity contribution in [3.8, 4) is 0 Å². The Morgan fingerprint density at radius 2 is 1.92 bits per heavy atom. The summed E-state index contributed by atoms with van der Waals surface area (Å²) in [6.45, 7) is 4.09. The summed E-state index contributed by atoms with van der Waals surface area (Å²) < 4.78 is 29.1. The number of carbonyl (C=O) groups is 1. The number of hydrogen-bond donors (Lipinski definition) is 1. The molecule has 7 nitrogen and oxygen atoms in total. The second-order valence-electron chi connectivity index (χ2n) is 5.99. The number of nitrogens with one attached hydrogen (secondary N) is 1. The lowest BCUT2D eigenvalue weighted by molar-refractivity contribution is 0.0955. The molecule has 24 heavy (non-hydrogen) atoms. The van der Waals surface area contributed by atoms with Crippen molar-refractivity contribution in [2.24, 2.45) is 7.05 Å². The van der Waals surface area contributed by atoms with Crippen molar-refractivity contribution < 1.29 is 13.2 Å². The molecule has 1 aliphatic rings. The van der Waals surface area contributed by atoms with Gasteiger partial charge in [0.2, 0.25) is 10.0 Å². The molecule has 0 aliphatic carbocycles. The molecule has 1 fully saturated rings. The summed E-state index contributed by atoms with van der Waals surface area (Å²) in [5.41, 5.74) is 0.338. The SMILES string of the molecule is CCN(C1CCN(C)CC1)S(=O)(=O)c1cc(C(=O)NC)n(C)c1.Cl. The summed E-state index contributed by atoms with van der Waals surface area (Å²) >= 11 is 0. The van der Waals surface area contributed by atoms with Crippen LogP contribution in [-0.2, 0) is 17.1 Å². The highest BCUT2D eigenvalue weighted by atomic mass is 35.5. The van der Waals surface area contributed by atoms with E-state index in [1.807, 2.05) is 14.0 Å². The van der Waals surface area contributed by atoms with E-state index in [1.165, 1.54) is 19.3 Å². The molecule has 0 bridgehead atoms. The number of likely N-dealkylation sites (tertiary alicyclic amines) is 1. The van der Waals surface area contributed by atoms with Gasteiger partial charge in [-0.2, -0.15) is 4.31 Å². The number of aryl methyl sites for hydroxylation is 1. The Morgan fingerprint density at radius 3 is 2.42 bits per heavy atom. The van der Waals surface area contributed by atoms with Crippen LogP contribution in [0.2, 0.25) is 0 Å². The summed E-state index contributed by atoms with van der Waals surface area (Å²) in [5, 5.41) is 2.52. The molecule has 2 rings (SSSR count). The van der Waals surface area contributed by atoms with Crippen LogP contribution in [-0.4, -0.2) is 67.9 Å². The second kappa shape index (κ2) is 8.33. The predicted molar refractivity (Wildman–Crippen MR) is 96.1 cm³/mol. The molecule has 1 N–H and O–H groups in total. The number of piperidine rings is 1. The first-order valence-corrected chi connectivity index (χ1v) is 9.34. The van der Waals surface area contributed by atoms with Gasteiger partial charge in [0, 0.05) is 32.9 Å². The molecule has 1 saturated heterocycles. The van der Waals surface area contributed by atoms with Gasteiger partial charge in [-0.1, -0.05) is 6.92 Å². The van der Waals surface area contributed by atoms with E-state index in [4.69, 9.17) is 0 Å². The van der Waals surface area contributed by atoms with Crippen molar-refractivity contribution in [3.63, 3.8) is 0 Å². The zero-order valence-electron chi connectivity index (χ0n) is 14.7. The average molecular weight is 379 g/mol. The lowest BCUT2D eigenvalue weighted by atomic mass is 10.1. The van der Waals surface area contributed by atoms with Crippen molar-refractivity contribution in [1.82, 2.24) is 19.1 Å². The van der Waals surface area contributed by atoms with Gasteiger partial charge in [-0.25, -0.2) is 8.42 Å². The van der Waals surface area contributed by atoms with Crippen LogP contribution in [0.3, 0.4) is 0 Å². The molecule has 0 spiro atoms. The van der Waals surface area contributed by atoms with E-state index in [0.717, 1.165) is 25.9 Å². The Labute approximate surface area is 150 Å². The van der Waals surface area contributed by atoms with Crippen LogP contribution in [0.4, 0.5) is 0 Å². The monoisotopic (exact) mass is 378 g/mol. The van der Waals surface area contributed by atoms with Crippen LogP contribution in [0.1, 0.15) is 30.3 Å². The summed E-state index contributed by atoms with van der Waals surface area (Å²) in [4.78, 5) is 14.2. The van der Waals surface area contributed by atoms with Crippen molar-refractivity contribution in [2.75, 3.05) is 33.7 Å². The van der Waals surface area contributed by atoms with Gasteiger partial charge in [0.1, 0.15) is 10.6 Å². The Bertz CT molecular complexity index is 666. The van der Waals surface area contributed by atoms with Crippen LogP contribution < -0.4 is 5.32 Å². The number of nitrogens with zero attached hydrogens (tertiary/aromatic N) is 3. The molecule has 1 amide bonds. The average Bonchev–Trinajstić information content (AvgIpc) is 2.91. The minimum absolute atomic E-state index is 0. The molecule has 0 atom stereocenters. The maximum Gasteiger partial charge on any atom is 0.267 e. The largest absolute Gasteiger partial charge is 0.354 e. The number of halogens is 1. The van der Waals surface area contributed by atoms with Gasteiger partial charge in [0.15, 0.2) is 0 Å². The summed E-state index contributed by atoms with van der Waals surface area (Å²) in [6, 6.07) is 1.47. The fourth-order valence-electron chi connectivity index (χ4n) is 3.07. The molecule has 1 aromatic heterocycles. The first-order valence-electron chi connectivity index (χ1n) is 7.90. The number of hydrogen-bond acceptors (Lipinski definition) is 4. The molecule has 2 heterocycles. The Balaban J connectivity index is 0.00000288. The van der Waals surface area contributed by atoms with E-state index in [9.17, 15) is 13.2 Å². The molecule has 0 saturated carbocycles. The lowest BCUT2D eigenvalue weighted by Gasteiger charge is -2.35. The molecule has 9 heteroatoms. The number of rotatable bonds is 5. The molecular weight excluding hydrogens is 352 g/mol. The molecule has 138 valence electrons. The Morgan fingerprint density at radius 1 is 1.33 bits per heavy atom. The van der Waals surface area contributed by atoms with Crippen molar-refractivity contribution in [2.45, 2.75) is 30.7 Å². The molecule has 1 aromatic rings. The van der Waals surface area contributed by atoms with Crippen LogP contribution >= 0.6 is 12.4 Å². The summed E-state index contributed by atoms with van der Waals surface area (Å²) in [6.07, 6.45) is 3.18. The van der Waals surface area contributed by atoms with Crippen LogP contribution in [0.25, 0.3) is 0 Å². The maximum absolute atomic E-state index is 13.0. The van der Waals surface area contributed by atoms with Crippen LogP contribution in [0.15, 0.2) is 17.2 Å². The van der Waals surface area contributed by atoms with E-state index >= 15 is 0 Å². The highest BCUT2D eigenvalue weighted by molar-refractivity contribution is 7.89. The van der Waals surface area contributed by atoms with Gasteiger partial charge >= 0.3 is 0 Å². The van der Waals surface area contributed by atoms with Gasteiger partial charge < -0.3 is 14.8 Å². The number of aromatic nitrogens is 1. The third kappa shape index (κ3) is 4.11. The van der Waals surface area contributed by atoms with E-state index in [-0.39, 0.29) is 29.3 Å². The fraction of sp³-hybridized carbons (Fsp3) is 0.667. The maximum atomic E-state index is 13.0. The normalized spacial score (nSPS) is 16.9. The summed E-state index contributed by atoms with van der Waals surface area (Å²) in [5.74, 6) is -0.295. The van der Waals surface area contributed by atoms with E-state index < -0.39 is 10.0 Å². The van der Waals surface area contributed by atoms with Crippen LogP contribution in [0.5, 0.6) is 0 Å². The third-order valence-electron chi connectivity index (χ3n) is 4.45. The zero-order chi connectivity index (χ0) is 17.2. The van der Waals surface area contributed by atoms with E-state index in [2.05, 4.69) is 10.2 Å². The highest BCUT2D eigenvalue weighted by Gasteiger charge is 2.33. The van der Waals surface area contributed by atoms with Crippen molar-refractivity contribution in [1.29, 1.82) is 0 Å². The Hall–Kier alpha value is -1.09. The molecular formula is C15H27ClN4O3S. The zero-order valence-corrected chi connectivity index (χ0v) is 16.3. The van der Waals surface area contributed by atoms with Gasteiger partial charge in [-0.05, 0) is 39.0 Å². The predicted octanol–water partition coefficient (Wildman–Crippen LogP) is 0.911. The van der Waals surface area contributed by atoms with E-state index in [1.54, 1.807) is 15.9 Å². The first kappa shape index (κ1) is 21.0. The highest BCUT2D eigenvalue weighted by Crippen LogP contribution is 2.25. The summed E-state index contributed by atoms with van der Waals surface area (Å²) in [7, 11) is 1.66. The minimum atomic E-state index is -3.60. The molecule has 0 aromatic carbocycles. The Kier molecular flexibility index (Phi) is 7.27. The van der Waals surface area contributed by atoms with E-state index in [0.29, 0.717) is 12.2 Å². The first-order chi connectivity index (χ1) is 10.8. The second-order valence-corrected chi connectivity index (χ2v) is 7.88. The van der Waals surface area contributed by atoms with Gasteiger partial charge in [0.05, 0.1) is 0 Å². The van der Waals surface area contributed by atoms with Gasteiger partial charge in [-0.15, -0.1) is 12.4 Å². The molecule has 1 aliphatic heterocycles. The number of sulfonamides is 1. The fourth-order valence-corrected chi connectivity index (χ4v) is 4.84. The standard InChI is InChI=1S/C15H26N4O3S.ClH/c1-5-19(12-6-8-17(3)9-7-12)23(21,22)13-10-14(15(20)16-2)18(4)11-13;/h10-12H,5-9H2,1-4H3,(H,16,20);1H. The molecule has 0 unspecified atom stereocenters. The minimum Gasteiger partial charge on any atom is -0.354 e. The van der Waals surface area contributed by atoms with Crippen molar-refractivity contribution in [3.05, 3.63) is 18.0 Å². The number of amides is 1. The molecule has 0 radical (unpaired) electrons. The topological polar surface area (TPSA) is 74.7 Å². The smallest absolute Gasteiger partial charge is 0.267 e. The van der Waals surface area contributed by atoms with Crippen molar-refractivity contribution >= 4 is 28.3 Å². The number of carbonyl (C=O) groups excluding carboxylic acids is 1. The van der Waals surface area contributed by atoms with Gasteiger partial charge in [0.25, 0.3) is 5.91 Å². The third-order valence-corrected chi connectivity index (χ3v) is 6.45. The van der Waals surface area contributed by atoms with Gasteiger partial charge in [-0.3, -0.25) is 4.79 Å². The quantitative estimate of drug-likeness (QED) is 0.826. The lowest BCUT2D eigenvalue weighted by Crippen LogP contribution is -2.46. The van der Waals surface area contributed by atoms with Crippen LogP contribution in [0, 0.1) is 0 Å².